The third-order valence-electron chi connectivity index (χ3n) is 3.16. The molecule has 8 heteroatoms. The van der Waals surface area contributed by atoms with Gasteiger partial charge in [-0.2, -0.15) is 0 Å². The van der Waals surface area contributed by atoms with E-state index >= 15 is 0 Å². The molecule has 0 bridgehead atoms. The van der Waals surface area contributed by atoms with Crippen molar-refractivity contribution in [3.8, 4) is 0 Å². The van der Waals surface area contributed by atoms with Crippen LogP contribution in [0.2, 0.25) is 0 Å². The van der Waals surface area contributed by atoms with E-state index in [1.165, 1.54) is 36.4 Å². The lowest BCUT2D eigenvalue weighted by Gasteiger charge is -1.98. The van der Waals surface area contributed by atoms with Gasteiger partial charge in [0, 0.05) is 11.6 Å². The Kier molecular flexibility index (Phi) is 4.22. The number of halogens is 2. The number of nitro groups is 1. The van der Waals surface area contributed by atoms with Gasteiger partial charge in [-0.15, -0.1) is 0 Å². The summed E-state index contributed by atoms with van der Waals surface area (Å²) in [5, 5.41) is 10.9. The molecule has 120 valence electrons. The fourth-order valence-corrected chi connectivity index (χ4v) is 2.46. The van der Waals surface area contributed by atoms with Crippen LogP contribution in [0, 0.1) is 15.9 Å². The summed E-state index contributed by atoms with van der Waals surface area (Å²) in [6, 6.07) is 9.89. The van der Waals surface area contributed by atoms with E-state index in [1.807, 2.05) is 0 Å². The van der Waals surface area contributed by atoms with Gasteiger partial charge in [0.1, 0.15) is 5.82 Å². The van der Waals surface area contributed by atoms with E-state index in [2.05, 4.69) is 20.9 Å². The molecule has 0 N–H and O–H groups in total. The molecular formula is C16H8BrFN2O4. The van der Waals surface area contributed by atoms with Crippen LogP contribution in [0.1, 0.15) is 11.1 Å². The average Bonchev–Trinajstić information content (AvgIpc) is 2.90. The highest BCUT2D eigenvalue weighted by molar-refractivity contribution is 9.10. The minimum absolute atomic E-state index is 0.0163. The van der Waals surface area contributed by atoms with Crippen molar-refractivity contribution in [2.45, 2.75) is 0 Å². The van der Waals surface area contributed by atoms with Crippen molar-refractivity contribution in [3.63, 3.8) is 0 Å². The Morgan fingerprint density at radius 1 is 1.25 bits per heavy atom. The third-order valence-corrected chi connectivity index (χ3v) is 3.83. The zero-order chi connectivity index (χ0) is 17.3. The number of rotatable bonds is 3. The van der Waals surface area contributed by atoms with E-state index in [-0.39, 0.29) is 17.3 Å². The number of carbonyl (C=O) groups is 1. The van der Waals surface area contributed by atoms with Crippen molar-refractivity contribution in [1.82, 2.24) is 0 Å². The zero-order valence-electron chi connectivity index (χ0n) is 11.9. The first-order chi connectivity index (χ1) is 11.4. The molecule has 0 unspecified atom stereocenters. The van der Waals surface area contributed by atoms with E-state index in [0.29, 0.717) is 15.6 Å². The Labute approximate surface area is 143 Å². The normalized spacial score (nSPS) is 15.3. The van der Waals surface area contributed by atoms with Crippen molar-refractivity contribution < 1.29 is 18.8 Å². The monoisotopic (exact) mass is 390 g/mol. The van der Waals surface area contributed by atoms with Crippen molar-refractivity contribution in [2.24, 2.45) is 4.99 Å². The first kappa shape index (κ1) is 16.0. The van der Waals surface area contributed by atoms with Crippen LogP contribution < -0.4 is 0 Å². The Morgan fingerprint density at radius 2 is 2.04 bits per heavy atom. The summed E-state index contributed by atoms with van der Waals surface area (Å²) >= 11 is 3.09. The molecule has 0 saturated carbocycles. The maximum atomic E-state index is 13.2. The number of benzene rings is 2. The Morgan fingerprint density at radius 3 is 2.75 bits per heavy atom. The molecule has 2 aromatic rings. The van der Waals surface area contributed by atoms with Gasteiger partial charge in [0.2, 0.25) is 5.90 Å². The van der Waals surface area contributed by atoms with Crippen LogP contribution in [0.5, 0.6) is 0 Å². The van der Waals surface area contributed by atoms with Crippen LogP contribution in [0.25, 0.3) is 6.08 Å². The van der Waals surface area contributed by atoms with Crippen molar-refractivity contribution in [2.75, 3.05) is 0 Å². The molecule has 0 spiro atoms. The molecule has 2 aromatic carbocycles. The second kappa shape index (κ2) is 6.32. The standard InChI is InChI=1S/C16H8BrFN2O4/c17-12-5-4-9(7-14(12)20(22)23)6-13-16(21)24-15(19-13)10-2-1-3-11(18)8-10/h1-8H/b13-6-. The highest BCUT2D eigenvalue weighted by atomic mass is 79.9. The van der Waals surface area contributed by atoms with Gasteiger partial charge in [0.15, 0.2) is 5.70 Å². The number of carbonyl (C=O) groups excluding carboxylic acids is 1. The minimum atomic E-state index is -0.708. The molecule has 0 saturated heterocycles. The summed E-state index contributed by atoms with van der Waals surface area (Å²) < 4.78 is 18.6. The van der Waals surface area contributed by atoms with E-state index in [9.17, 15) is 19.3 Å². The number of nitro benzene ring substituents is 1. The Balaban J connectivity index is 1.97. The minimum Gasteiger partial charge on any atom is -0.402 e. The van der Waals surface area contributed by atoms with Crippen LogP contribution >= 0.6 is 15.9 Å². The SMILES string of the molecule is O=C1OC(c2cccc(F)c2)=N/C1=C\c1ccc(Br)c([N+](=O)[O-])c1. The molecule has 0 amide bonds. The summed E-state index contributed by atoms with van der Waals surface area (Å²) in [7, 11) is 0. The van der Waals surface area contributed by atoms with Gasteiger partial charge < -0.3 is 4.74 Å². The van der Waals surface area contributed by atoms with Crippen LogP contribution in [0.4, 0.5) is 10.1 Å². The topological polar surface area (TPSA) is 81.8 Å². The molecule has 1 aliphatic heterocycles. The molecule has 0 radical (unpaired) electrons. The average molecular weight is 391 g/mol. The van der Waals surface area contributed by atoms with Gasteiger partial charge in [0.25, 0.3) is 5.69 Å². The quantitative estimate of drug-likeness (QED) is 0.345. The molecule has 1 heterocycles. The Bertz CT molecular complexity index is 924. The summed E-state index contributed by atoms with van der Waals surface area (Å²) in [6.07, 6.45) is 1.37. The predicted molar refractivity (Wildman–Crippen MR) is 87.8 cm³/mol. The van der Waals surface area contributed by atoms with Gasteiger partial charge >= 0.3 is 5.97 Å². The summed E-state index contributed by atoms with van der Waals surface area (Å²) in [4.78, 5) is 26.3. The molecule has 0 atom stereocenters. The first-order valence-electron chi connectivity index (χ1n) is 6.66. The van der Waals surface area contributed by atoms with Crippen LogP contribution in [-0.4, -0.2) is 16.8 Å². The molecular weight excluding hydrogens is 383 g/mol. The van der Waals surface area contributed by atoms with Crippen molar-refractivity contribution in [3.05, 3.63) is 79.7 Å². The van der Waals surface area contributed by atoms with Crippen molar-refractivity contribution in [1.29, 1.82) is 0 Å². The predicted octanol–water partition coefficient (Wildman–Crippen LogP) is 3.84. The number of hydrogen-bond acceptors (Lipinski definition) is 5. The smallest absolute Gasteiger partial charge is 0.363 e. The lowest BCUT2D eigenvalue weighted by Crippen LogP contribution is -2.05. The number of cyclic esters (lactones) is 1. The molecule has 0 aliphatic carbocycles. The van der Waals surface area contributed by atoms with E-state index in [0.717, 1.165) is 0 Å². The summed E-state index contributed by atoms with van der Waals surface area (Å²) in [6.45, 7) is 0. The maximum Gasteiger partial charge on any atom is 0.363 e. The number of ether oxygens (including phenoxy) is 1. The summed E-state index contributed by atoms with van der Waals surface area (Å²) in [5.74, 6) is -1.20. The van der Waals surface area contributed by atoms with Gasteiger partial charge in [-0.3, -0.25) is 10.1 Å². The number of esters is 1. The number of aliphatic imine (C=N–C) groups is 1. The fraction of sp³-hybridized carbons (Fsp3) is 0. The zero-order valence-corrected chi connectivity index (χ0v) is 13.5. The Hall–Kier alpha value is -2.87. The molecule has 0 aromatic heterocycles. The second-order valence-corrected chi connectivity index (χ2v) is 5.67. The lowest BCUT2D eigenvalue weighted by atomic mass is 10.1. The van der Waals surface area contributed by atoms with Gasteiger partial charge in [0.05, 0.1) is 9.40 Å². The molecule has 6 nitrogen and oxygen atoms in total. The van der Waals surface area contributed by atoms with Crippen LogP contribution in [0.15, 0.2) is 57.6 Å². The first-order valence-corrected chi connectivity index (χ1v) is 7.46. The van der Waals surface area contributed by atoms with Crippen LogP contribution in [-0.2, 0) is 9.53 Å². The number of nitrogens with zero attached hydrogens (tertiary/aromatic N) is 2. The highest BCUT2D eigenvalue weighted by Gasteiger charge is 2.24. The third kappa shape index (κ3) is 3.23. The van der Waals surface area contributed by atoms with Crippen LogP contribution in [0.3, 0.4) is 0 Å². The van der Waals surface area contributed by atoms with Gasteiger partial charge in [-0.05, 0) is 51.8 Å². The maximum absolute atomic E-state index is 13.2. The highest BCUT2D eigenvalue weighted by Crippen LogP contribution is 2.27. The van der Waals surface area contributed by atoms with Gasteiger partial charge in [-0.1, -0.05) is 12.1 Å². The largest absolute Gasteiger partial charge is 0.402 e. The van der Waals surface area contributed by atoms with Crippen molar-refractivity contribution >= 4 is 39.6 Å². The lowest BCUT2D eigenvalue weighted by molar-refractivity contribution is -0.385. The molecule has 24 heavy (non-hydrogen) atoms. The number of hydrogen-bond donors (Lipinski definition) is 0. The summed E-state index contributed by atoms with van der Waals surface area (Å²) in [5.41, 5.74) is 0.588. The van der Waals surface area contributed by atoms with E-state index in [1.54, 1.807) is 12.1 Å². The van der Waals surface area contributed by atoms with Gasteiger partial charge in [-0.25, -0.2) is 14.2 Å². The fourth-order valence-electron chi connectivity index (χ4n) is 2.07. The second-order valence-electron chi connectivity index (χ2n) is 4.81. The van der Waals surface area contributed by atoms with E-state index in [4.69, 9.17) is 4.74 Å². The van der Waals surface area contributed by atoms with E-state index < -0.39 is 16.7 Å². The molecule has 3 rings (SSSR count). The molecule has 0 fully saturated rings. The molecule has 1 aliphatic rings.